The molecule has 5 nitrogen and oxygen atoms in total. The second-order valence-corrected chi connectivity index (χ2v) is 6.96. The largest absolute Gasteiger partial charge is 0.489 e. The van der Waals surface area contributed by atoms with E-state index >= 15 is 0 Å². The number of rotatable bonds is 4. The second-order valence-electron chi connectivity index (χ2n) is 4.43. The van der Waals surface area contributed by atoms with E-state index in [0.29, 0.717) is 0 Å². The van der Waals surface area contributed by atoms with Gasteiger partial charge in [-0.05, 0) is 43.9 Å². The number of ether oxygens (including phenoxy) is 1. The van der Waals surface area contributed by atoms with Crippen molar-refractivity contribution in [2.24, 2.45) is 0 Å². The molecule has 7 heteroatoms. The van der Waals surface area contributed by atoms with Crippen LogP contribution in [0, 0.1) is 0 Å². The van der Waals surface area contributed by atoms with Crippen LogP contribution < -0.4 is 4.74 Å². The molecule has 1 aliphatic rings. The van der Waals surface area contributed by atoms with Crippen LogP contribution in [0.2, 0.25) is 0 Å². The van der Waals surface area contributed by atoms with Gasteiger partial charge in [0, 0.05) is 10.7 Å². The molecule has 0 unspecified atom stereocenters. The van der Waals surface area contributed by atoms with Gasteiger partial charge < -0.3 is 9.84 Å². The van der Waals surface area contributed by atoms with Gasteiger partial charge in [-0.15, -0.1) is 0 Å². The van der Waals surface area contributed by atoms with Crippen LogP contribution in [0.5, 0.6) is 5.75 Å². The van der Waals surface area contributed by atoms with Crippen molar-refractivity contribution in [1.82, 2.24) is 0 Å². The molecular formula is C12H13ClO5S. The normalized spacial score (nSPS) is 16.5. The number of hydrogen-bond donors (Lipinski definition) is 1. The maximum absolute atomic E-state index is 11.5. The van der Waals surface area contributed by atoms with E-state index in [-0.39, 0.29) is 22.3 Å². The number of carboxylic acids is 1. The average Bonchev–Trinajstić information content (AvgIpc) is 2.80. The van der Waals surface area contributed by atoms with Crippen molar-refractivity contribution >= 4 is 25.7 Å². The lowest BCUT2D eigenvalue weighted by Gasteiger charge is -2.15. The van der Waals surface area contributed by atoms with Crippen LogP contribution in [0.3, 0.4) is 0 Å². The first kappa shape index (κ1) is 14.1. The van der Waals surface area contributed by atoms with Crippen LogP contribution in [0.4, 0.5) is 0 Å². The second kappa shape index (κ2) is 5.38. The number of halogens is 1. The number of hydrogen-bond acceptors (Lipinski definition) is 4. The van der Waals surface area contributed by atoms with Gasteiger partial charge in [0.15, 0.2) is 0 Å². The van der Waals surface area contributed by atoms with Crippen LogP contribution in [0.1, 0.15) is 36.0 Å². The summed E-state index contributed by atoms with van der Waals surface area (Å²) >= 11 is 0. The molecular weight excluding hydrogens is 292 g/mol. The number of carbonyl (C=O) groups is 1. The highest BCUT2D eigenvalue weighted by Crippen LogP contribution is 2.32. The standard InChI is InChI=1S/C12H13ClO5S/c13-19(16,17)11-7-8(12(14)15)5-6-10(11)18-9-3-1-2-4-9/h5-7,9H,1-4H2,(H,14,15). The Morgan fingerprint density at radius 1 is 1.32 bits per heavy atom. The Bertz CT molecular complexity index is 590. The van der Waals surface area contributed by atoms with Gasteiger partial charge in [-0.25, -0.2) is 13.2 Å². The molecule has 0 amide bonds. The minimum absolute atomic E-state index is 0.0344. The summed E-state index contributed by atoms with van der Waals surface area (Å²) in [6.45, 7) is 0. The molecule has 19 heavy (non-hydrogen) atoms. The molecule has 0 radical (unpaired) electrons. The third kappa shape index (κ3) is 3.39. The Kier molecular flexibility index (Phi) is 4.01. The molecule has 1 fully saturated rings. The fourth-order valence-corrected chi connectivity index (χ4v) is 3.10. The molecule has 0 saturated heterocycles. The SMILES string of the molecule is O=C(O)c1ccc(OC2CCCC2)c(S(=O)(=O)Cl)c1. The molecule has 2 rings (SSSR count). The van der Waals surface area contributed by atoms with Crippen molar-refractivity contribution in [1.29, 1.82) is 0 Å². The minimum atomic E-state index is -4.05. The molecule has 0 spiro atoms. The first-order valence-corrected chi connectivity index (χ1v) is 8.17. The molecule has 1 aromatic rings. The summed E-state index contributed by atoms with van der Waals surface area (Å²) in [5, 5.41) is 8.87. The van der Waals surface area contributed by atoms with Gasteiger partial charge >= 0.3 is 5.97 Å². The zero-order valence-electron chi connectivity index (χ0n) is 10.0. The maximum atomic E-state index is 11.5. The van der Waals surface area contributed by atoms with Crippen LogP contribution in [0.15, 0.2) is 23.1 Å². The quantitative estimate of drug-likeness (QED) is 0.865. The monoisotopic (exact) mass is 304 g/mol. The summed E-state index contributed by atoms with van der Waals surface area (Å²) in [6.07, 6.45) is 3.78. The minimum Gasteiger partial charge on any atom is -0.489 e. The van der Waals surface area contributed by atoms with E-state index in [1.165, 1.54) is 12.1 Å². The third-order valence-electron chi connectivity index (χ3n) is 3.05. The Morgan fingerprint density at radius 3 is 2.47 bits per heavy atom. The molecule has 104 valence electrons. The van der Waals surface area contributed by atoms with Crippen LogP contribution in [-0.4, -0.2) is 25.6 Å². The fraction of sp³-hybridized carbons (Fsp3) is 0.417. The predicted octanol–water partition coefficient (Wildman–Crippen LogP) is 2.63. The molecule has 0 atom stereocenters. The zero-order chi connectivity index (χ0) is 14.0. The maximum Gasteiger partial charge on any atom is 0.335 e. The Balaban J connectivity index is 2.39. The number of aromatic carboxylic acids is 1. The Hall–Kier alpha value is -1.27. The van der Waals surface area contributed by atoms with Gasteiger partial charge in [0.25, 0.3) is 9.05 Å². The van der Waals surface area contributed by atoms with E-state index in [0.717, 1.165) is 31.7 Å². The summed E-state index contributed by atoms with van der Waals surface area (Å²) < 4.78 is 28.6. The van der Waals surface area contributed by atoms with Gasteiger partial charge in [0.1, 0.15) is 10.6 Å². The molecule has 0 heterocycles. The van der Waals surface area contributed by atoms with Gasteiger partial charge in [0.05, 0.1) is 11.7 Å². The number of carboxylic acid groups (broad SMARTS) is 1. The first-order valence-electron chi connectivity index (χ1n) is 5.86. The molecule has 0 aromatic heterocycles. The lowest BCUT2D eigenvalue weighted by molar-refractivity contribution is 0.0696. The van der Waals surface area contributed by atoms with Crippen LogP contribution >= 0.6 is 10.7 Å². The molecule has 1 saturated carbocycles. The van der Waals surface area contributed by atoms with E-state index in [1.807, 2.05) is 0 Å². The summed E-state index contributed by atoms with van der Waals surface area (Å²) in [5.41, 5.74) is -0.141. The summed E-state index contributed by atoms with van der Waals surface area (Å²) in [6, 6.07) is 3.67. The smallest absolute Gasteiger partial charge is 0.335 e. The topological polar surface area (TPSA) is 80.7 Å². The van der Waals surface area contributed by atoms with Crippen molar-refractivity contribution < 1.29 is 23.1 Å². The molecule has 0 bridgehead atoms. The molecule has 1 aliphatic carbocycles. The highest BCUT2D eigenvalue weighted by molar-refractivity contribution is 8.13. The average molecular weight is 305 g/mol. The van der Waals surface area contributed by atoms with Crippen LogP contribution in [0.25, 0.3) is 0 Å². The van der Waals surface area contributed by atoms with Crippen molar-refractivity contribution in [3.05, 3.63) is 23.8 Å². The van der Waals surface area contributed by atoms with E-state index in [2.05, 4.69) is 0 Å². The molecule has 1 aromatic carbocycles. The van der Waals surface area contributed by atoms with Crippen molar-refractivity contribution in [3.8, 4) is 5.75 Å². The highest BCUT2D eigenvalue weighted by atomic mass is 35.7. The molecule has 0 aliphatic heterocycles. The van der Waals surface area contributed by atoms with Gasteiger partial charge in [-0.2, -0.15) is 0 Å². The lowest BCUT2D eigenvalue weighted by atomic mass is 10.2. The van der Waals surface area contributed by atoms with Gasteiger partial charge in [-0.1, -0.05) is 0 Å². The fourth-order valence-electron chi connectivity index (χ4n) is 2.11. The van der Waals surface area contributed by atoms with E-state index in [4.69, 9.17) is 20.5 Å². The van der Waals surface area contributed by atoms with Crippen LogP contribution in [-0.2, 0) is 9.05 Å². The number of benzene rings is 1. The van der Waals surface area contributed by atoms with E-state index < -0.39 is 15.0 Å². The Morgan fingerprint density at radius 2 is 1.95 bits per heavy atom. The third-order valence-corrected chi connectivity index (χ3v) is 4.39. The summed E-state index contributed by atoms with van der Waals surface area (Å²) in [4.78, 5) is 10.6. The molecule has 1 N–H and O–H groups in total. The Labute approximate surface area is 115 Å². The zero-order valence-corrected chi connectivity index (χ0v) is 11.6. The predicted molar refractivity (Wildman–Crippen MR) is 69.3 cm³/mol. The van der Waals surface area contributed by atoms with Crippen molar-refractivity contribution in [3.63, 3.8) is 0 Å². The van der Waals surface area contributed by atoms with E-state index in [1.54, 1.807) is 0 Å². The van der Waals surface area contributed by atoms with Gasteiger partial charge in [0.2, 0.25) is 0 Å². The summed E-state index contributed by atoms with van der Waals surface area (Å²) in [5.74, 6) is -1.10. The van der Waals surface area contributed by atoms with Gasteiger partial charge in [-0.3, -0.25) is 0 Å². The van der Waals surface area contributed by atoms with Crippen molar-refractivity contribution in [2.45, 2.75) is 36.7 Å². The van der Waals surface area contributed by atoms with E-state index in [9.17, 15) is 13.2 Å². The highest BCUT2D eigenvalue weighted by Gasteiger charge is 2.23. The van der Waals surface area contributed by atoms with Crippen molar-refractivity contribution in [2.75, 3.05) is 0 Å². The summed E-state index contributed by atoms with van der Waals surface area (Å²) in [7, 11) is 1.28. The lowest BCUT2D eigenvalue weighted by Crippen LogP contribution is -2.13. The first-order chi connectivity index (χ1) is 8.88.